The number of nitrogen functional groups attached to an aromatic ring is 1. The van der Waals surface area contributed by atoms with Crippen LogP contribution in [-0.4, -0.2) is 36.6 Å². The lowest BCUT2D eigenvalue weighted by Crippen LogP contribution is -2.44. The first-order valence-corrected chi connectivity index (χ1v) is 13.4. The number of carbonyl (C=O) groups is 2. The molecule has 8 nitrogen and oxygen atoms in total. The highest BCUT2D eigenvalue weighted by molar-refractivity contribution is 5.98. The zero-order valence-corrected chi connectivity index (χ0v) is 22.4. The van der Waals surface area contributed by atoms with Crippen molar-refractivity contribution in [2.45, 2.75) is 63.3 Å². The van der Waals surface area contributed by atoms with Gasteiger partial charge in [0.25, 0.3) is 5.91 Å². The Morgan fingerprint density at radius 1 is 1.12 bits per heavy atom. The lowest BCUT2D eigenvalue weighted by atomic mass is 9.83. The number of nitrogens with one attached hydrogen (secondary N) is 1. The summed E-state index contributed by atoms with van der Waals surface area (Å²) < 4.78 is 17.6. The van der Waals surface area contributed by atoms with Crippen molar-refractivity contribution in [3.63, 3.8) is 0 Å². The van der Waals surface area contributed by atoms with Crippen molar-refractivity contribution in [1.29, 1.82) is 0 Å². The Morgan fingerprint density at radius 3 is 2.65 bits per heavy atom. The van der Waals surface area contributed by atoms with Gasteiger partial charge in [0.15, 0.2) is 5.78 Å². The van der Waals surface area contributed by atoms with Crippen molar-refractivity contribution in [3.05, 3.63) is 77.4 Å². The number of halogens is 1. The topological polar surface area (TPSA) is 115 Å². The van der Waals surface area contributed by atoms with Crippen LogP contribution in [0.3, 0.4) is 0 Å². The van der Waals surface area contributed by atoms with Crippen LogP contribution in [0, 0.1) is 24.6 Å². The fraction of sp³-hybridized carbons (Fsp3) is 0.323. The molecule has 2 saturated carbocycles. The Kier molecular flexibility index (Phi) is 6.14. The number of aromatic nitrogens is 4. The predicted octanol–water partition coefficient (Wildman–Crippen LogP) is 4.34. The molecule has 9 heteroatoms. The van der Waals surface area contributed by atoms with Crippen LogP contribution in [0.1, 0.15) is 66.5 Å². The molecule has 6 rings (SSSR count). The van der Waals surface area contributed by atoms with Gasteiger partial charge in [0.1, 0.15) is 28.7 Å². The average Bonchev–Trinajstić information content (AvgIpc) is 3.60. The molecule has 3 N–H and O–H groups in total. The fourth-order valence-corrected chi connectivity index (χ4v) is 6.53. The molecule has 0 unspecified atom stereocenters. The highest BCUT2D eigenvalue weighted by Gasteiger charge is 2.57. The quantitative estimate of drug-likeness (QED) is 0.280. The second-order valence-electron chi connectivity index (χ2n) is 11.0. The van der Waals surface area contributed by atoms with E-state index in [0.29, 0.717) is 16.9 Å². The van der Waals surface area contributed by atoms with E-state index >= 15 is 4.39 Å². The minimum absolute atomic E-state index is 0.0829. The molecule has 0 spiro atoms. The molecule has 3 heterocycles. The van der Waals surface area contributed by atoms with E-state index in [4.69, 9.17) is 10.7 Å². The Bertz CT molecular complexity index is 1740. The van der Waals surface area contributed by atoms with Gasteiger partial charge in [-0.15, -0.1) is 0 Å². The van der Waals surface area contributed by atoms with Crippen molar-refractivity contribution in [1.82, 2.24) is 24.7 Å². The van der Waals surface area contributed by atoms with Gasteiger partial charge in [0, 0.05) is 46.4 Å². The molecule has 40 heavy (non-hydrogen) atoms. The minimum atomic E-state index is -0.562. The van der Waals surface area contributed by atoms with E-state index in [1.807, 2.05) is 23.5 Å². The summed E-state index contributed by atoms with van der Waals surface area (Å²) in [5.74, 6) is 5.22. The monoisotopic (exact) mass is 536 g/mol. The summed E-state index contributed by atoms with van der Waals surface area (Å²) >= 11 is 0. The lowest BCUT2D eigenvalue weighted by molar-refractivity contribution is -0.117. The van der Waals surface area contributed by atoms with Gasteiger partial charge < -0.3 is 11.1 Å². The molecule has 3 aromatic heterocycles. The maximum Gasteiger partial charge on any atom is 0.296 e. The first-order chi connectivity index (χ1) is 19.2. The smallest absolute Gasteiger partial charge is 0.296 e. The number of hydrogen-bond donors (Lipinski definition) is 2. The number of pyridine rings is 1. The van der Waals surface area contributed by atoms with Crippen LogP contribution in [0.15, 0.2) is 48.9 Å². The maximum atomic E-state index is 15.7. The van der Waals surface area contributed by atoms with Crippen molar-refractivity contribution >= 4 is 23.0 Å². The average molecular weight is 537 g/mol. The van der Waals surface area contributed by atoms with Crippen LogP contribution in [0.5, 0.6) is 0 Å². The molecule has 1 aromatic carbocycles. The van der Waals surface area contributed by atoms with Crippen LogP contribution in [-0.2, 0) is 16.6 Å². The van der Waals surface area contributed by atoms with Crippen LogP contribution in [0.25, 0.3) is 16.8 Å². The van der Waals surface area contributed by atoms with Gasteiger partial charge in [-0.1, -0.05) is 12.0 Å². The predicted molar refractivity (Wildman–Crippen MR) is 149 cm³/mol. The molecule has 0 aliphatic heterocycles. The van der Waals surface area contributed by atoms with E-state index in [9.17, 15) is 9.59 Å². The molecule has 2 aliphatic rings. The molecule has 2 bridgehead atoms. The van der Waals surface area contributed by atoms with Gasteiger partial charge in [0.05, 0.1) is 6.42 Å². The number of nitrogens with zero attached hydrogens (tertiary/aromatic N) is 4. The summed E-state index contributed by atoms with van der Waals surface area (Å²) in [5, 5.41) is 3.14. The van der Waals surface area contributed by atoms with Crippen LogP contribution >= 0.6 is 0 Å². The molecule has 202 valence electrons. The molecule has 1 amide bonds. The largest absolute Gasteiger partial charge is 0.382 e. The number of nitrogens with two attached hydrogens (primary N) is 1. The second kappa shape index (κ2) is 9.56. The summed E-state index contributed by atoms with van der Waals surface area (Å²) in [6.07, 6.45) is 9.17. The Balaban J connectivity index is 1.36. The molecule has 0 saturated heterocycles. The number of imidazole rings is 1. The third-order valence-corrected chi connectivity index (χ3v) is 8.38. The van der Waals surface area contributed by atoms with Gasteiger partial charge in [-0.3, -0.25) is 19.0 Å². The normalized spacial score (nSPS) is 21.3. The van der Waals surface area contributed by atoms with Crippen LogP contribution < -0.4 is 11.1 Å². The van der Waals surface area contributed by atoms with Crippen molar-refractivity contribution in [3.8, 4) is 23.1 Å². The van der Waals surface area contributed by atoms with Gasteiger partial charge in [-0.2, -0.15) is 0 Å². The highest BCUT2D eigenvalue weighted by atomic mass is 19.1. The summed E-state index contributed by atoms with van der Waals surface area (Å²) in [7, 11) is 0. The van der Waals surface area contributed by atoms with Crippen LogP contribution in [0.4, 0.5) is 10.2 Å². The number of anilines is 1. The number of rotatable bonds is 6. The van der Waals surface area contributed by atoms with E-state index in [1.165, 1.54) is 6.07 Å². The van der Waals surface area contributed by atoms with Crippen molar-refractivity contribution in [2.24, 2.45) is 0 Å². The van der Waals surface area contributed by atoms with Gasteiger partial charge >= 0.3 is 0 Å². The first-order valence-electron chi connectivity index (χ1n) is 13.4. The van der Waals surface area contributed by atoms with E-state index in [0.717, 1.165) is 43.5 Å². The molecular weight excluding hydrogens is 507 g/mol. The Labute approximate surface area is 231 Å². The number of benzene rings is 1. The van der Waals surface area contributed by atoms with Gasteiger partial charge in [0.2, 0.25) is 0 Å². The summed E-state index contributed by atoms with van der Waals surface area (Å²) in [6.45, 7) is 3.58. The van der Waals surface area contributed by atoms with E-state index in [2.05, 4.69) is 27.1 Å². The number of Topliss-reactive ketones (excluding diaryl/α,β-unsaturated/α-hetero) is 1. The number of amides is 1. The van der Waals surface area contributed by atoms with Gasteiger partial charge in [-0.25, -0.2) is 14.4 Å². The van der Waals surface area contributed by atoms with E-state index in [-0.39, 0.29) is 46.0 Å². The van der Waals surface area contributed by atoms with Crippen molar-refractivity contribution in [2.75, 3.05) is 5.73 Å². The number of ketones is 1. The number of hydrogen-bond acceptors (Lipinski definition) is 6. The summed E-state index contributed by atoms with van der Waals surface area (Å²) in [5.41, 5.74) is 8.77. The summed E-state index contributed by atoms with van der Waals surface area (Å²) in [6, 6.07) is 8.16. The summed E-state index contributed by atoms with van der Waals surface area (Å²) in [4.78, 5) is 38.7. The second-order valence-corrected chi connectivity index (χ2v) is 11.0. The zero-order chi connectivity index (χ0) is 28.1. The molecule has 2 aliphatic carbocycles. The third-order valence-electron chi connectivity index (χ3n) is 8.38. The standard InChI is InChI=1S/C31H29FN6O2/c1-3-4-25(40)37-31-10-8-30(18-31,9-11-31)29-36-26(27-28(33)35-13-14-38(27)29)22-6-5-20(16-23(22)32)24(39)17-21-15-19(2)7-12-34-21/h5-7,12-16H,8-11,17-18H2,1-2H3,(H2,33,35)(H,37,40). The molecular formula is C31H29FN6O2. The lowest BCUT2D eigenvalue weighted by Gasteiger charge is -2.27. The third kappa shape index (κ3) is 4.30. The number of aryl methyl sites for hydroxylation is 1. The fourth-order valence-electron chi connectivity index (χ4n) is 6.53. The van der Waals surface area contributed by atoms with Crippen LogP contribution in [0.2, 0.25) is 0 Å². The highest BCUT2D eigenvalue weighted by Crippen LogP contribution is 2.57. The van der Waals surface area contributed by atoms with E-state index < -0.39 is 5.82 Å². The number of carbonyl (C=O) groups excluding carboxylic acids is 2. The molecule has 0 atom stereocenters. The zero-order valence-electron chi connectivity index (χ0n) is 22.4. The first kappa shape index (κ1) is 25.7. The maximum absolute atomic E-state index is 15.7. The molecule has 0 radical (unpaired) electrons. The van der Waals surface area contributed by atoms with E-state index in [1.54, 1.807) is 37.6 Å². The Hall–Kier alpha value is -4.58. The molecule has 4 aromatic rings. The number of fused-ring (bicyclic) bond motifs is 3. The van der Waals surface area contributed by atoms with Crippen molar-refractivity contribution < 1.29 is 14.0 Å². The Morgan fingerprint density at radius 2 is 1.93 bits per heavy atom. The van der Waals surface area contributed by atoms with Gasteiger partial charge in [-0.05, 0) is 81.7 Å². The SMILES string of the molecule is CC#CC(=O)NC12CCC(c3nc(-c4ccc(C(=O)Cc5cc(C)ccn5)cc4F)c4c(N)nccn34)(CC1)C2. The minimum Gasteiger partial charge on any atom is -0.382 e. The molecule has 2 fully saturated rings.